The molecule has 3 nitrogen and oxygen atoms in total. The Hall–Kier alpha value is -1.48. The van der Waals surface area contributed by atoms with Crippen molar-refractivity contribution in [3.8, 4) is 0 Å². The van der Waals surface area contributed by atoms with Gasteiger partial charge in [-0.3, -0.25) is 0 Å². The SMILES string of the molecule is Cn1ccnc1Nc1ccc(CCl)cc1. The molecule has 0 radical (unpaired) electrons. The number of nitrogens with zero attached hydrogens (tertiary/aromatic N) is 2. The normalized spacial score (nSPS) is 10.3. The van der Waals surface area contributed by atoms with Crippen LogP contribution in [0.1, 0.15) is 5.56 Å². The quantitative estimate of drug-likeness (QED) is 0.808. The molecule has 1 N–H and O–H groups in total. The zero-order valence-electron chi connectivity index (χ0n) is 8.44. The highest BCUT2D eigenvalue weighted by Gasteiger charge is 1.98. The average molecular weight is 222 g/mol. The molecule has 4 heteroatoms. The van der Waals surface area contributed by atoms with Gasteiger partial charge in [-0.05, 0) is 17.7 Å². The molecule has 78 valence electrons. The van der Waals surface area contributed by atoms with E-state index in [0.29, 0.717) is 5.88 Å². The maximum Gasteiger partial charge on any atom is 0.207 e. The molecule has 2 rings (SSSR count). The number of benzene rings is 1. The van der Waals surface area contributed by atoms with Crippen LogP contribution in [0.3, 0.4) is 0 Å². The van der Waals surface area contributed by atoms with E-state index in [0.717, 1.165) is 17.2 Å². The molecule has 0 bridgehead atoms. The number of rotatable bonds is 3. The predicted molar refractivity (Wildman–Crippen MR) is 62.5 cm³/mol. The number of anilines is 2. The highest BCUT2D eigenvalue weighted by atomic mass is 35.5. The lowest BCUT2D eigenvalue weighted by Gasteiger charge is -2.06. The molecule has 0 aliphatic heterocycles. The van der Waals surface area contributed by atoms with E-state index in [-0.39, 0.29) is 0 Å². The fourth-order valence-corrected chi connectivity index (χ4v) is 1.47. The van der Waals surface area contributed by atoms with E-state index in [1.807, 2.05) is 42.1 Å². The van der Waals surface area contributed by atoms with Crippen molar-refractivity contribution < 1.29 is 0 Å². The van der Waals surface area contributed by atoms with Gasteiger partial charge in [-0.2, -0.15) is 0 Å². The van der Waals surface area contributed by atoms with Crippen LogP contribution in [-0.2, 0) is 12.9 Å². The van der Waals surface area contributed by atoms with Gasteiger partial charge in [0.25, 0.3) is 0 Å². The molecule has 0 aliphatic carbocycles. The molecule has 0 saturated carbocycles. The second-order valence-corrected chi connectivity index (χ2v) is 3.58. The van der Waals surface area contributed by atoms with Gasteiger partial charge >= 0.3 is 0 Å². The Morgan fingerprint density at radius 1 is 1.33 bits per heavy atom. The van der Waals surface area contributed by atoms with Gasteiger partial charge < -0.3 is 9.88 Å². The average Bonchev–Trinajstić information content (AvgIpc) is 2.66. The molecular formula is C11H12ClN3. The minimum atomic E-state index is 0.544. The molecule has 0 unspecified atom stereocenters. The molecule has 0 atom stereocenters. The van der Waals surface area contributed by atoms with Crippen molar-refractivity contribution in [3.63, 3.8) is 0 Å². The molecule has 0 saturated heterocycles. The first-order valence-corrected chi connectivity index (χ1v) is 5.22. The Bertz CT molecular complexity index is 433. The van der Waals surface area contributed by atoms with Crippen LogP contribution < -0.4 is 5.32 Å². The summed E-state index contributed by atoms with van der Waals surface area (Å²) >= 11 is 5.71. The van der Waals surface area contributed by atoms with Crippen LogP contribution in [0.25, 0.3) is 0 Å². The number of hydrogen-bond acceptors (Lipinski definition) is 2. The Labute approximate surface area is 93.7 Å². The second-order valence-electron chi connectivity index (χ2n) is 3.32. The molecule has 0 amide bonds. The van der Waals surface area contributed by atoms with Crippen molar-refractivity contribution in [3.05, 3.63) is 42.2 Å². The Kier molecular flexibility index (Phi) is 2.92. The van der Waals surface area contributed by atoms with Crippen LogP contribution in [0.2, 0.25) is 0 Å². The van der Waals surface area contributed by atoms with E-state index in [1.54, 1.807) is 6.20 Å². The Balaban J connectivity index is 2.14. The number of imidazole rings is 1. The minimum absolute atomic E-state index is 0.544. The Morgan fingerprint density at radius 2 is 2.07 bits per heavy atom. The molecule has 2 aromatic rings. The van der Waals surface area contributed by atoms with Gasteiger partial charge in [-0.25, -0.2) is 4.98 Å². The summed E-state index contributed by atoms with van der Waals surface area (Å²) in [4.78, 5) is 4.18. The third-order valence-corrected chi connectivity index (χ3v) is 2.49. The summed E-state index contributed by atoms with van der Waals surface area (Å²) in [6.07, 6.45) is 3.66. The van der Waals surface area contributed by atoms with Crippen molar-refractivity contribution in [2.24, 2.45) is 7.05 Å². The van der Waals surface area contributed by atoms with Gasteiger partial charge in [0.15, 0.2) is 0 Å². The van der Waals surface area contributed by atoms with Crippen LogP contribution in [0, 0.1) is 0 Å². The van der Waals surface area contributed by atoms with Gasteiger partial charge in [0, 0.05) is 31.0 Å². The standard InChI is InChI=1S/C11H12ClN3/c1-15-7-6-13-11(15)14-10-4-2-9(8-12)3-5-10/h2-7H,8H2,1H3,(H,13,14). The highest BCUT2D eigenvalue weighted by Crippen LogP contribution is 2.15. The number of halogens is 1. The largest absolute Gasteiger partial charge is 0.326 e. The summed E-state index contributed by atoms with van der Waals surface area (Å²) in [6.45, 7) is 0. The van der Waals surface area contributed by atoms with Gasteiger partial charge in [0.1, 0.15) is 0 Å². The monoisotopic (exact) mass is 221 g/mol. The zero-order valence-corrected chi connectivity index (χ0v) is 9.20. The molecule has 0 aliphatic rings. The van der Waals surface area contributed by atoms with E-state index in [1.165, 1.54) is 0 Å². The van der Waals surface area contributed by atoms with Crippen molar-refractivity contribution in [2.75, 3.05) is 5.32 Å². The van der Waals surface area contributed by atoms with Crippen LogP contribution in [0.4, 0.5) is 11.6 Å². The number of aryl methyl sites for hydroxylation is 1. The second kappa shape index (κ2) is 4.36. The summed E-state index contributed by atoms with van der Waals surface area (Å²) in [5.74, 6) is 1.37. The molecule has 15 heavy (non-hydrogen) atoms. The van der Waals surface area contributed by atoms with Crippen LogP contribution in [0.5, 0.6) is 0 Å². The molecule has 1 aromatic carbocycles. The third-order valence-electron chi connectivity index (χ3n) is 2.19. The summed E-state index contributed by atoms with van der Waals surface area (Å²) in [6, 6.07) is 7.98. The van der Waals surface area contributed by atoms with E-state index in [9.17, 15) is 0 Å². The van der Waals surface area contributed by atoms with Crippen molar-refractivity contribution in [1.29, 1.82) is 0 Å². The van der Waals surface area contributed by atoms with Gasteiger partial charge in [-0.15, -0.1) is 11.6 Å². The highest BCUT2D eigenvalue weighted by molar-refractivity contribution is 6.17. The zero-order chi connectivity index (χ0) is 10.7. The fourth-order valence-electron chi connectivity index (χ4n) is 1.29. The van der Waals surface area contributed by atoms with Gasteiger partial charge in [0.2, 0.25) is 5.95 Å². The number of aromatic nitrogens is 2. The van der Waals surface area contributed by atoms with E-state index in [2.05, 4.69) is 10.3 Å². The van der Waals surface area contributed by atoms with Gasteiger partial charge in [0.05, 0.1) is 0 Å². The lowest BCUT2D eigenvalue weighted by Crippen LogP contribution is -1.98. The number of alkyl halides is 1. The van der Waals surface area contributed by atoms with Crippen LogP contribution in [0.15, 0.2) is 36.7 Å². The van der Waals surface area contributed by atoms with Crippen LogP contribution >= 0.6 is 11.6 Å². The van der Waals surface area contributed by atoms with E-state index in [4.69, 9.17) is 11.6 Å². The lowest BCUT2D eigenvalue weighted by molar-refractivity contribution is 0.924. The minimum Gasteiger partial charge on any atom is -0.326 e. The van der Waals surface area contributed by atoms with Crippen molar-refractivity contribution in [2.45, 2.75) is 5.88 Å². The molecule has 0 spiro atoms. The third kappa shape index (κ3) is 2.30. The molecule has 1 heterocycles. The number of nitrogens with one attached hydrogen (secondary N) is 1. The first-order chi connectivity index (χ1) is 7.29. The lowest BCUT2D eigenvalue weighted by atomic mass is 10.2. The predicted octanol–water partition coefficient (Wildman–Crippen LogP) is 2.90. The van der Waals surface area contributed by atoms with Crippen LogP contribution in [-0.4, -0.2) is 9.55 Å². The summed E-state index contributed by atoms with van der Waals surface area (Å²) in [5.41, 5.74) is 2.13. The molecule has 0 fully saturated rings. The van der Waals surface area contributed by atoms with E-state index >= 15 is 0 Å². The molecule has 1 aromatic heterocycles. The van der Waals surface area contributed by atoms with Gasteiger partial charge in [-0.1, -0.05) is 12.1 Å². The first kappa shape index (κ1) is 10.1. The first-order valence-electron chi connectivity index (χ1n) is 4.69. The van der Waals surface area contributed by atoms with Crippen molar-refractivity contribution >= 4 is 23.2 Å². The van der Waals surface area contributed by atoms with Crippen molar-refractivity contribution in [1.82, 2.24) is 9.55 Å². The summed E-state index contributed by atoms with van der Waals surface area (Å²) < 4.78 is 1.93. The maximum absolute atomic E-state index is 5.71. The topological polar surface area (TPSA) is 29.9 Å². The summed E-state index contributed by atoms with van der Waals surface area (Å²) in [5, 5.41) is 3.21. The van der Waals surface area contributed by atoms with E-state index < -0.39 is 0 Å². The summed E-state index contributed by atoms with van der Waals surface area (Å²) in [7, 11) is 1.95. The molecular weight excluding hydrogens is 210 g/mol. The smallest absolute Gasteiger partial charge is 0.207 e. The fraction of sp³-hybridized carbons (Fsp3) is 0.182. The number of hydrogen-bond donors (Lipinski definition) is 1. The maximum atomic E-state index is 5.71. The Morgan fingerprint density at radius 3 is 2.60 bits per heavy atom.